The smallest absolute Gasteiger partial charge is 0.335 e. The summed E-state index contributed by atoms with van der Waals surface area (Å²) in [5.74, 6) is -0.963. The second kappa shape index (κ2) is 6.01. The van der Waals surface area contributed by atoms with Gasteiger partial charge in [-0.3, -0.25) is 5.32 Å². The number of carbonyl (C=O) groups is 2. The first-order valence-electron chi connectivity index (χ1n) is 5.56. The topological polar surface area (TPSA) is 78.4 Å². The van der Waals surface area contributed by atoms with Crippen LogP contribution in [0.1, 0.15) is 15.9 Å². The predicted molar refractivity (Wildman–Crippen MR) is 73.6 cm³/mol. The number of aromatic carboxylic acids is 1. The van der Waals surface area contributed by atoms with Crippen molar-refractivity contribution < 1.29 is 14.7 Å². The van der Waals surface area contributed by atoms with Crippen molar-refractivity contribution in [2.24, 2.45) is 0 Å². The molecule has 0 atom stereocenters. The van der Waals surface area contributed by atoms with Crippen molar-refractivity contribution in [1.82, 2.24) is 5.32 Å². The molecule has 3 N–H and O–H groups in total. The summed E-state index contributed by atoms with van der Waals surface area (Å²) in [6.45, 7) is 0.344. The molecule has 0 unspecified atom stereocenters. The first kappa shape index (κ1) is 13.1. The molecule has 2 rings (SSSR count). The van der Waals surface area contributed by atoms with Gasteiger partial charge < -0.3 is 10.4 Å². The third-order valence-electron chi connectivity index (χ3n) is 2.41. The lowest BCUT2D eigenvalue weighted by Gasteiger charge is -2.06. The minimum atomic E-state index is -0.963. The van der Waals surface area contributed by atoms with Crippen LogP contribution in [0.25, 0.3) is 0 Å². The Balaban J connectivity index is 1.84. The molecule has 1 aromatic heterocycles. The van der Waals surface area contributed by atoms with Gasteiger partial charge in [-0.25, -0.2) is 9.59 Å². The molecule has 0 saturated heterocycles. The maximum absolute atomic E-state index is 11.5. The van der Waals surface area contributed by atoms with Crippen molar-refractivity contribution in [2.75, 3.05) is 5.32 Å². The van der Waals surface area contributed by atoms with Crippen molar-refractivity contribution in [3.05, 3.63) is 52.9 Å². The number of benzene rings is 1. The van der Waals surface area contributed by atoms with Gasteiger partial charge in [0.15, 0.2) is 0 Å². The molecule has 6 heteroatoms. The monoisotopic (exact) mass is 276 g/mol. The van der Waals surface area contributed by atoms with Crippen LogP contribution in [0.4, 0.5) is 9.80 Å². The lowest BCUT2D eigenvalue weighted by atomic mass is 10.1. The molecule has 0 aliphatic heterocycles. The maximum Gasteiger partial charge on any atom is 0.335 e. The summed E-state index contributed by atoms with van der Waals surface area (Å²) in [5.41, 5.74) is 1.07. The Morgan fingerprint density at radius 2 is 1.89 bits per heavy atom. The zero-order valence-corrected chi connectivity index (χ0v) is 10.7. The largest absolute Gasteiger partial charge is 0.478 e. The van der Waals surface area contributed by atoms with Crippen LogP contribution < -0.4 is 10.6 Å². The van der Waals surface area contributed by atoms with Crippen molar-refractivity contribution in [1.29, 1.82) is 0 Å². The van der Waals surface area contributed by atoms with Crippen LogP contribution in [0.2, 0.25) is 0 Å². The van der Waals surface area contributed by atoms with E-state index in [-0.39, 0.29) is 11.6 Å². The van der Waals surface area contributed by atoms with E-state index >= 15 is 0 Å². The van der Waals surface area contributed by atoms with E-state index < -0.39 is 5.97 Å². The summed E-state index contributed by atoms with van der Waals surface area (Å²) in [5, 5.41) is 16.8. The van der Waals surface area contributed by atoms with E-state index in [0.717, 1.165) is 10.6 Å². The molecule has 98 valence electrons. The number of urea groups is 1. The number of amides is 2. The van der Waals surface area contributed by atoms with Gasteiger partial charge in [-0.1, -0.05) is 12.1 Å². The average molecular weight is 276 g/mol. The number of anilines is 1. The highest BCUT2D eigenvalue weighted by molar-refractivity contribution is 7.14. The zero-order chi connectivity index (χ0) is 13.7. The van der Waals surface area contributed by atoms with Crippen molar-refractivity contribution >= 4 is 28.3 Å². The summed E-state index contributed by atoms with van der Waals surface area (Å²) >= 11 is 1.44. The van der Waals surface area contributed by atoms with Crippen molar-refractivity contribution in [3.8, 4) is 0 Å². The number of carbonyl (C=O) groups excluding carboxylic acids is 1. The Hall–Kier alpha value is -2.34. The van der Waals surface area contributed by atoms with Gasteiger partial charge in [0.25, 0.3) is 0 Å². The van der Waals surface area contributed by atoms with E-state index in [1.54, 1.807) is 12.1 Å². The molecule has 1 heterocycles. The summed E-state index contributed by atoms with van der Waals surface area (Å²) in [7, 11) is 0. The summed E-state index contributed by atoms with van der Waals surface area (Å²) < 4.78 is 0. The highest BCUT2D eigenvalue weighted by Crippen LogP contribution is 2.14. The Labute approximate surface area is 113 Å². The molecule has 0 fully saturated rings. The minimum absolute atomic E-state index is 0.229. The highest BCUT2D eigenvalue weighted by atomic mass is 32.1. The van der Waals surface area contributed by atoms with E-state index in [4.69, 9.17) is 5.11 Å². The number of hydrogen-bond donors (Lipinski definition) is 3. The minimum Gasteiger partial charge on any atom is -0.478 e. The molecule has 5 nitrogen and oxygen atoms in total. The van der Waals surface area contributed by atoms with E-state index in [0.29, 0.717) is 6.54 Å². The van der Waals surface area contributed by atoms with E-state index in [9.17, 15) is 9.59 Å². The molecular weight excluding hydrogens is 264 g/mol. The van der Waals surface area contributed by atoms with E-state index in [1.165, 1.54) is 23.5 Å². The van der Waals surface area contributed by atoms with Crippen LogP contribution in [0.5, 0.6) is 0 Å². The van der Waals surface area contributed by atoms with Crippen LogP contribution in [-0.2, 0) is 6.54 Å². The highest BCUT2D eigenvalue weighted by Gasteiger charge is 2.04. The SMILES string of the molecule is O=C(NCc1ccc(C(=O)O)cc1)Nc1cccs1. The summed E-state index contributed by atoms with van der Waals surface area (Å²) in [4.78, 5) is 22.2. The molecule has 0 saturated carbocycles. The number of rotatable bonds is 4. The van der Waals surface area contributed by atoms with E-state index in [1.807, 2.05) is 17.5 Å². The molecule has 0 radical (unpaired) electrons. The van der Waals surface area contributed by atoms with Gasteiger partial charge in [0.2, 0.25) is 0 Å². The van der Waals surface area contributed by atoms with Crippen LogP contribution in [0.15, 0.2) is 41.8 Å². The number of nitrogens with one attached hydrogen (secondary N) is 2. The molecule has 0 bridgehead atoms. The van der Waals surface area contributed by atoms with Gasteiger partial charge in [0.05, 0.1) is 10.6 Å². The molecule has 2 amide bonds. The van der Waals surface area contributed by atoms with Gasteiger partial charge in [-0.2, -0.15) is 0 Å². The lowest BCUT2D eigenvalue weighted by Crippen LogP contribution is -2.27. The third kappa shape index (κ3) is 3.82. The Kier molecular flexibility index (Phi) is 4.15. The predicted octanol–water partition coefficient (Wildman–Crippen LogP) is 2.77. The number of hydrogen-bond acceptors (Lipinski definition) is 3. The molecule has 19 heavy (non-hydrogen) atoms. The van der Waals surface area contributed by atoms with Crippen molar-refractivity contribution in [2.45, 2.75) is 6.54 Å². The van der Waals surface area contributed by atoms with Gasteiger partial charge in [-0.15, -0.1) is 11.3 Å². The fourth-order valence-electron chi connectivity index (χ4n) is 1.45. The molecule has 1 aromatic carbocycles. The second-order valence-electron chi connectivity index (χ2n) is 3.79. The zero-order valence-electron chi connectivity index (χ0n) is 9.92. The summed E-state index contributed by atoms with van der Waals surface area (Å²) in [6, 6.07) is 9.75. The molecular formula is C13H12N2O3S. The first-order valence-corrected chi connectivity index (χ1v) is 6.44. The molecule has 0 spiro atoms. The van der Waals surface area contributed by atoms with Crippen LogP contribution in [0, 0.1) is 0 Å². The summed E-state index contributed by atoms with van der Waals surface area (Å²) in [6.07, 6.45) is 0. The van der Waals surface area contributed by atoms with Crippen molar-refractivity contribution in [3.63, 3.8) is 0 Å². The first-order chi connectivity index (χ1) is 9.15. The quantitative estimate of drug-likeness (QED) is 0.803. The normalized spacial score (nSPS) is 9.89. The van der Waals surface area contributed by atoms with Gasteiger partial charge in [0, 0.05) is 6.54 Å². The average Bonchev–Trinajstić information content (AvgIpc) is 2.89. The molecule has 0 aliphatic carbocycles. The number of thiophene rings is 1. The van der Waals surface area contributed by atoms with Gasteiger partial charge >= 0.3 is 12.0 Å². The Morgan fingerprint density at radius 3 is 2.47 bits per heavy atom. The van der Waals surface area contributed by atoms with Crippen LogP contribution in [-0.4, -0.2) is 17.1 Å². The van der Waals surface area contributed by atoms with Gasteiger partial charge in [0.1, 0.15) is 0 Å². The lowest BCUT2D eigenvalue weighted by molar-refractivity contribution is 0.0697. The van der Waals surface area contributed by atoms with Crippen LogP contribution in [0.3, 0.4) is 0 Å². The Bertz CT molecular complexity index is 564. The number of carboxylic acid groups (broad SMARTS) is 1. The third-order valence-corrected chi connectivity index (χ3v) is 3.20. The Morgan fingerprint density at radius 1 is 1.16 bits per heavy atom. The van der Waals surface area contributed by atoms with Crippen LogP contribution >= 0.6 is 11.3 Å². The maximum atomic E-state index is 11.5. The fourth-order valence-corrected chi connectivity index (χ4v) is 2.07. The number of carboxylic acids is 1. The molecule has 2 aromatic rings. The van der Waals surface area contributed by atoms with Gasteiger partial charge in [-0.05, 0) is 35.2 Å². The fraction of sp³-hybridized carbons (Fsp3) is 0.0769. The second-order valence-corrected chi connectivity index (χ2v) is 4.73. The standard InChI is InChI=1S/C13H12N2O3S/c16-12(17)10-5-3-9(4-6-10)8-14-13(18)15-11-2-1-7-19-11/h1-7H,8H2,(H,16,17)(H2,14,15,18). The van der Waals surface area contributed by atoms with E-state index in [2.05, 4.69) is 10.6 Å². The molecule has 0 aliphatic rings.